The molecule has 1 heterocycles. The van der Waals surface area contributed by atoms with E-state index in [1.54, 1.807) is 6.07 Å². The first-order valence-electron chi connectivity index (χ1n) is 3.01. The zero-order valence-corrected chi connectivity index (χ0v) is 7.29. The van der Waals surface area contributed by atoms with Gasteiger partial charge in [-0.25, -0.2) is 0 Å². The van der Waals surface area contributed by atoms with Crippen LogP contribution in [0.5, 0.6) is 0 Å². The van der Waals surface area contributed by atoms with Gasteiger partial charge in [-0.15, -0.1) is 3.89 Å². The molecule has 2 nitrogen and oxygen atoms in total. The van der Waals surface area contributed by atoms with Crippen LogP contribution in [0.4, 0.5) is 3.89 Å². The van der Waals surface area contributed by atoms with Crippen LogP contribution in [0.2, 0.25) is 0 Å². The van der Waals surface area contributed by atoms with Crippen molar-refractivity contribution in [1.82, 2.24) is 0 Å². The van der Waals surface area contributed by atoms with Crippen LogP contribution >= 0.6 is 11.3 Å². The Hall–Kier alpha value is -0.420. The van der Waals surface area contributed by atoms with Gasteiger partial charge in [-0.1, -0.05) is 0 Å². The molecule has 0 spiro atoms. The molecule has 11 heavy (non-hydrogen) atoms. The monoisotopic (exact) mass is 194 g/mol. The summed E-state index contributed by atoms with van der Waals surface area (Å²) < 4.78 is 32.1. The van der Waals surface area contributed by atoms with E-state index in [0.717, 1.165) is 5.56 Å². The Morgan fingerprint density at radius 2 is 2.27 bits per heavy atom. The molecule has 0 atom stereocenters. The lowest BCUT2D eigenvalue weighted by Crippen LogP contribution is -2.00. The lowest BCUT2D eigenvalue weighted by Gasteiger charge is -1.91. The first kappa shape index (κ1) is 8.67. The van der Waals surface area contributed by atoms with Crippen LogP contribution in [0.15, 0.2) is 16.8 Å². The van der Waals surface area contributed by atoms with E-state index in [1.165, 1.54) is 11.3 Å². The third-order valence-corrected chi connectivity index (χ3v) is 2.64. The molecule has 0 bridgehead atoms. The van der Waals surface area contributed by atoms with E-state index in [1.807, 2.05) is 10.8 Å². The van der Waals surface area contributed by atoms with Gasteiger partial charge in [0.05, 0.1) is 5.75 Å². The first-order chi connectivity index (χ1) is 5.08. The van der Waals surface area contributed by atoms with Crippen LogP contribution in [0, 0.1) is 0 Å². The average molecular weight is 194 g/mol. The number of rotatable bonds is 3. The molecule has 0 saturated heterocycles. The number of thiophene rings is 1. The summed E-state index contributed by atoms with van der Waals surface area (Å²) in [7, 11) is -4.30. The van der Waals surface area contributed by atoms with Crippen LogP contribution in [0.3, 0.4) is 0 Å². The van der Waals surface area contributed by atoms with Crippen molar-refractivity contribution in [2.75, 3.05) is 5.75 Å². The molecule has 0 aliphatic rings. The maximum absolute atomic E-state index is 12.0. The van der Waals surface area contributed by atoms with Gasteiger partial charge in [0, 0.05) is 0 Å². The Balaban J connectivity index is 2.48. The van der Waals surface area contributed by atoms with Crippen molar-refractivity contribution in [3.05, 3.63) is 22.4 Å². The molecule has 0 saturated carbocycles. The summed E-state index contributed by atoms with van der Waals surface area (Å²) in [5.74, 6) is -0.413. The molecular formula is C6H7FO2S2. The standard InChI is InChI=1S/C6H7FO2S2/c7-11(8,9)4-2-6-1-3-10-5-6/h1,3,5H,2,4H2. The summed E-state index contributed by atoms with van der Waals surface area (Å²) in [5, 5.41) is 3.64. The fourth-order valence-corrected chi connectivity index (χ4v) is 1.86. The molecule has 1 rings (SSSR count). The summed E-state index contributed by atoms with van der Waals surface area (Å²) >= 11 is 1.47. The summed E-state index contributed by atoms with van der Waals surface area (Å²) in [5.41, 5.74) is 0.872. The van der Waals surface area contributed by atoms with E-state index < -0.39 is 16.0 Å². The minimum Gasteiger partial charge on any atom is -0.195 e. The van der Waals surface area contributed by atoms with Gasteiger partial charge in [0.15, 0.2) is 0 Å². The van der Waals surface area contributed by atoms with Crippen molar-refractivity contribution in [3.63, 3.8) is 0 Å². The number of aryl methyl sites for hydroxylation is 1. The van der Waals surface area contributed by atoms with E-state index in [0.29, 0.717) is 0 Å². The molecule has 0 fully saturated rings. The summed E-state index contributed by atoms with van der Waals surface area (Å²) in [6, 6.07) is 1.79. The number of hydrogen-bond acceptors (Lipinski definition) is 3. The van der Waals surface area contributed by atoms with Crippen LogP contribution in [0.25, 0.3) is 0 Å². The Bertz CT molecular complexity index is 301. The topological polar surface area (TPSA) is 34.1 Å². The quantitative estimate of drug-likeness (QED) is 0.685. The summed E-state index contributed by atoms with van der Waals surface area (Å²) in [6.07, 6.45) is 0.266. The fraction of sp³-hybridized carbons (Fsp3) is 0.333. The van der Waals surface area contributed by atoms with Gasteiger partial charge >= 0.3 is 10.2 Å². The number of hydrogen-bond donors (Lipinski definition) is 0. The number of halogens is 1. The zero-order chi connectivity index (χ0) is 8.32. The Labute approximate surface area is 68.9 Å². The first-order valence-corrected chi connectivity index (χ1v) is 5.51. The van der Waals surface area contributed by atoms with Crippen molar-refractivity contribution in [2.24, 2.45) is 0 Å². The van der Waals surface area contributed by atoms with Crippen LogP contribution in [0.1, 0.15) is 5.56 Å². The van der Waals surface area contributed by atoms with E-state index >= 15 is 0 Å². The third kappa shape index (κ3) is 3.48. The zero-order valence-electron chi connectivity index (χ0n) is 5.66. The molecule has 0 aliphatic heterocycles. The molecular weight excluding hydrogens is 187 g/mol. The maximum atomic E-state index is 12.0. The van der Waals surface area contributed by atoms with Gasteiger partial charge in [0.2, 0.25) is 0 Å². The lowest BCUT2D eigenvalue weighted by molar-refractivity contribution is 0.551. The largest absolute Gasteiger partial charge is 0.302 e. The minimum absolute atomic E-state index is 0.266. The van der Waals surface area contributed by atoms with E-state index in [-0.39, 0.29) is 6.42 Å². The van der Waals surface area contributed by atoms with Gasteiger partial charge in [-0.2, -0.15) is 19.8 Å². The molecule has 0 unspecified atom stereocenters. The summed E-state index contributed by atoms with van der Waals surface area (Å²) in [4.78, 5) is 0. The third-order valence-electron chi connectivity index (χ3n) is 1.21. The van der Waals surface area contributed by atoms with E-state index in [2.05, 4.69) is 0 Å². The molecule has 1 aromatic heterocycles. The fourth-order valence-electron chi connectivity index (χ4n) is 0.675. The Morgan fingerprint density at radius 3 is 2.73 bits per heavy atom. The predicted molar refractivity (Wildman–Crippen MR) is 42.9 cm³/mol. The van der Waals surface area contributed by atoms with Crippen molar-refractivity contribution in [3.8, 4) is 0 Å². The van der Waals surface area contributed by atoms with Crippen LogP contribution in [-0.2, 0) is 16.6 Å². The predicted octanol–water partition coefficient (Wildman–Crippen LogP) is 1.59. The lowest BCUT2D eigenvalue weighted by atomic mass is 10.3. The molecule has 0 aromatic carbocycles. The molecule has 5 heteroatoms. The van der Waals surface area contributed by atoms with Crippen molar-refractivity contribution in [2.45, 2.75) is 6.42 Å². The van der Waals surface area contributed by atoms with Crippen molar-refractivity contribution >= 4 is 21.6 Å². The smallest absolute Gasteiger partial charge is 0.195 e. The Kier molecular flexibility index (Phi) is 2.62. The highest BCUT2D eigenvalue weighted by Crippen LogP contribution is 2.07. The van der Waals surface area contributed by atoms with Crippen molar-refractivity contribution in [1.29, 1.82) is 0 Å². The molecule has 62 valence electrons. The normalized spacial score (nSPS) is 11.7. The summed E-state index contributed by atoms with van der Waals surface area (Å²) in [6.45, 7) is 0. The van der Waals surface area contributed by atoms with Crippen LogP contribution < -0.4 is 0 Å². The van der Waals surface area contributed by atoms with Gasteiger partial charge < -0.3 is 0 Å². The maximum Gasteiger partial charge on any atom is 0.302 e. The highest BCUT2D eigenvalue weighted by molar-refractivity contribution is 7.86. The minimum atomic E-state index is -4.30. The van der Waals surface area contributed by atoms with Crippen LogP contribution in [-0.4, -0.2) is 14.2 Å². The second kappa shape index (κ2) is 3.32. The molecule has 1 aromatic rings. The highest BCUT2D eigenvalue weighted by Gasteiger charge is 2.06. The SMILES string of the molecule is O=S(=O)(F)CCc1ccsc1. The van der Waals surface area contributed by atoms with Crippen molar-refractivity contribution < 1.29 is 12.3 Å². The van der Waals surface area contributed by atoms with Gasteiger partial charge in [0.1, 0.15) is 0 Å². The van der Waals surface area contributed by atoms with Gasteiger partial charge in [-0.3, -0.25) is 0 Å². The van der Waals surface area contributed by atoms with Gasteiger partial charge in [0.25, 0.3) is 0 Å². The Morgan fingerprint density at radius 1 is 1.55 bits per heavy atom. The van der Waals surface area contributed by atoms with Gasteiger partial charge in [-0.05, 0) is 28.8 Å². The second-order valence-corrected chi connectivity index (χ2v) is 4.39. The molecule has 0 amide bonds. The second-order valence-electron chi connectivity index (χ2n) is 2.12. The molecule has 0 radical (unpaired) electrons. The van der Waals surface area contributed by atoms with E-state index in [4.69, 9.17) is 0 Å². The molecule has 0 aliphatic carbocycles. The average Bonchev–Trinajstić information content (AvgIpc) is 2.32. The van der Waals surface area contributed by atoms with E-state index in [9.17, 15) is 12.3 Å². The molecule has 0 N–H and O–H groups in total. The highest BCUT2D eigenvalue weighted by atomic mass is 32.3.